The maximum absolute atomic E-state index is 11.2. The van der Waals surface area contributed by atoms with Crippen LogP contribution in [0, 0.1) is 10.1 Å². The number of anilines is 1. The average molecular weight is 288 g/mol. The van der Waals surface area contributed by atoms with Crippen LogP contribution in [0.5, 0.6) is 5.88 Å². The number of hydrogen-bond acceptors (Lipinski definition) is 7. The van der Waals surface area contributed by atoms with Crippen molar-refractivity contribution in [3.63, 3.8) is 0 Å². The molecular weight excluding hydrogens is 272 g/mol. The minimum Gasteiger partial charge on any atom is -0.476 e. The topological polar surface area (TPSA) is 107 Å². The van der Waals surface area contributed by atoms with Crippen molar-refractivity contribution in [1.29, 1.82) is 0 Å². The fourth-order valence-electron chi connectivity index (χ4n) is 1.37. The van der Waals surface area contributed by atoms with E-state index in [0.717, 1.165) is 0 Å². The van der Waals surface area contributed by atoms with E-state index >= 15 is 0 Å². The summed E-state index contributed by atoms with van der Waals surface area (Å²) in [5.74, 6) is 0.0144. The van der Waals surface area contributed by atoms with E-state index in [-0.39, 0.29) is 22.6 Å². The van der Waals surface area contributed by atoms with Crippen molar-refractivity contribution in [2.24, 2.45) is 0 Å². The summed E-state index contributed by atoms with van der Waals surface area (Å²) in [5, 5.41) is 13.8. The van der Waals surface area contributed by atoms with Crippen LogP contribution in [0.1, 0.15) is 13.3 Å². The minimum absolute atomic E-state index is 0.00953. The monoisotopic (exact) mass is 288 g/mol. The van der Waals surface area contributed by atoms with Gasteiger partial charge in [0.2, 0.25) is 5.82 Å². The van der Waals surface area contributed by atoms with Crippen LogP contribution < -0.4 is 10.1 Å². The van der Waals surface area contributed by atoms with Gasteiger partial charge in [-0.05, 0) is 6.42 Å². The van der Waals surface area contributed by atoms with Crippen LogP contribution in [0.3, 0.4) is 0 Å². The Hall–Kier alpha value is -1.77. The zero-order valence-electron chi connectivity index (χ0n) is 11.0. The molecule has 2 unspecified atom stereocenters. The van der Waals surface area contributed by atoms with Gasteiger partial charge >= 0.3 is 5.69 Å². The number of nitrogens with one attached hydrogen (secondary N) is 1. The Balaban J connectivity index is 2.78. The third kappa shape index (κ3) is 4.12. The molecule has 0 amide bonds. The predicted molar refractivity (Wildman–Crippen MR) is 71.9 cm³/mol. The summed E-state index contributed by atoms with van der Waals surface area (Å²) in [6, 6.07) is 0. The largest absolute Gasteiger partial charge is 0.476 e. The number of hydrogen-bond donors (Lipinski definition) is 1. The summed E-state index contributed by atoms with van der Waals surface area (Å²) in [7, 11) is 0.387. The van der Waals surface area contributed by atoms with Gasteiger partial charge in [-0.25, -0.2) is 4.98 Å². The first-order valence-corrected chi connectivity index (χ1v) is 7.19. The molecule has 0 saturated heterocycles. The summed E-state index contributed by atoms with van der Waals surface area (Å²) < 4.78 is 16.0. The molecule has 9 heteroatoms. The minimum atomic E-state index is -0.920. The van der Waals surface area contributed by atoms with Crippen molar-refractivity contribution in [1.82, 2.24) is 9.97 Å². The highest BCUT2D eigenvalue weighted by Gasteiger charge is 2.23. The van der Waals surface area contributed by atoms with E-state index in [1.54, 1.807) is 6.26 Å². The molecule has 8 nitrogen and oxygen atoms in total. The van der Waals surface area contributed by atoms with Gasteiger partial charge in [-0.2, -0.15) is 4.98 Å². The molecule has 0 bridgehead atoms. The lowest BCUT2D eigenvalue weighted by Crippen LogP contribution is -2.16. The molecule has 0 spiro atoms. The normalized spacial score (nSPS) is 13.6. The molecule has 0 aliphatic heterocycles. The van der Waals surface area contributed by atoms with Crippen LogP contribution >= 0.6 is 0 Å². The van der Waals surface area contributed by atoms with Crippen molar-refractivity contribution in [3.8, 4) is 5.88 Å². The van der Waals surface area contributed by atoms with E-state index in [4.69, 9.17) is 4.74 Å². The fourth-order valence-corrected chi connectivity index (χ4v) is 1.82. The van der Waals surface area contributed by atoms with E-state index in [1.807, 2.05) is 6.92 Å². The van der Waals surface area contributed by atoms with Crippen molar-refractivity contribution < 1.29 is 13.9 Å². The van der Waals surface area contributed by atoms with E-state index < -0.39 is 15.7 Å². The Labute approximate surface area is 113 Å². The van der Waals surface area contributed by atoms with Gasteiger partial charge in [0.25, 0.3) is 5.88 Å². The molecule has 1 aromatic heterocycles. The van der Waals surface area contributed by atoms with Crippen molar-refractivity contribution in [2.45, 2.75) is 18.6 Å². The molecule has 19 heavy (non-hydrogen) atoms. The van der Waals surface area contributed by atoms with Gasteiger partial charge in [0.15, 0.2) is 0 Å². The second-order valence-corrected chi connectivity index (χ2v) is 5.66. The maximum Gasteiger partial charge on any atom is 0.372 e. The second-order valence-electron chi connectivity index (χ2n) is 3.86. The van der Waals surface area contributed by atoms with Crippen molar-refractivity contribution in [2.75, 3.05) is 25.2 Å². The summed E-state index contributed by atoms with van der Waals surface area (Å²) in [6.07, 6.45) is 3.43. The smallest absolute Gasteiger partial charge is 0.372 e. The molecular formula is C10H16N4O4S. The van der Waals surface area contributed by atoms with E-state index in [0.29, 0.717) is 13.0 Å². The Morgan fingerprint density at radius 1 is 1.58 bits per heavy atom. The number of rotatable bonds is 7. The van der Waals surface area contributed by atoms with Gasteiger partial charge in [-0.1, -0.05) is 6.92 Å². The number of methoxy groups -OCH3 is 1. The molecule has 0 saturated carbocycles. The lowest BCUT2D eigenvalue weighted by molar-refractivity contribution is -0.385. The molecule has 0 aliphatic rings. The standard InChI is InChI=1S/C10H16N4O4S/c1-7(19(3)17)4-5-11-9-8(14(15)16)10(18-2)13-6-12-9/h6-7H,4-5H2,1-3H3,(H,11,12,13). The third-order valence-electron chi connectivity index (χ3n) is 2.57. The van der Waals surface area contributed by atoms with E-state index in [2.05, 4.69) is 15.3 Å². The van der Waals surface area contributed by atoms with Crippen LogP contribution in [0.25, 0.3) is 0 Å². The van der Waals surface area contributed by atoms with Crippen molar-refractivity contribution >= 4 is 22.3 Å². The summed E-state index contributed by atoms with van der Waals surface area (Å²) in [4.78, 5) is 17.9. The number of ether oxygens (including phenoxy) is 1. The number of nitrogens with zero attached hydrogens (tertiary/aromatic N) is 3. The molecule has 1 aromatic rings. The van der Waals surface area contributed by atoms with Gasteiger partial charge < -0.3 is 10.1 Å². The number of nitro groups is 1. The first kappa shape index (κ1) is 15.3. The van der Waals surface area contributed by atoms with Crippen LogP contribution in [-0.2, 0) is 10.8 Å². The molecule has 0 aliphatic carbocycles. The highest BCUT2D eigenvalue weighted by molar-refractivity contribution is 7.84. The molecule has 0 fully saturated rings. The molecule has 0 radical (unpaired) electrons. The molecule has 0 aromatic carbocycles. The van der Waals surface area contributed by atoms with Gasteiger partial charge in [-0.3, -0.25) is 14.3 Å². The van der Waals surface area contributed by atoms with Crippen LogP contribution in [0.4, 0.5) is 11.5 Å². The van der Waals surface area contributed by atoms with Crippen molar-refractivity contribution in [3.05, 3.63) is 16.4 Å². The lowest BCUT2D eigenvalue weighted by Gasteiger charge is -2.10. The van der Waals surface area contributed by atoms with Gasteiger partial charge in [-0.15, -0.1) is 0 Å². The highest BCUT2D eigenvalue weighted by atomic mass is 32.2. The summed E-state index contributed by atoms with van der Waals surface area (Å²) in [5.41, 5.74) is -0.296. The maximum atomic E-state index is 11.2. The zero-order valence-corrected chi connectivity index (χ0v) is 11.8. The first-order chi connectivity index (χ1) is 8.97. The lowest BCUT2D eigenvalue weighted by atomic mass is 10.3. The van der Waals surface area contributed by atoms with Crippen LogP contribution in [0.15, 0.2) is 6.33 Å². The Bertz CT molecular complexity index is 483. The third-order valence-corrected chi connectivity index (χ3v) is 3.94. The average Bonchev–Trinajstić information content (AvgIpc) is 2.37. The number of aromatic nitrogens is 2. The summed E-state index contributed by atoms with van der Waals surface area (Å²) >= 11 is 0. The molecule has 1 heterocycles. The molecule has 106 valence electrons. The fraction of sp³-hybridized carbons (Fsp3) is 0.600. The van der Waals surface area contributed by atoms with E-state index in [1.165, 1.54) is 13.4 Å². The van der Waals surface area contributed by atoms with Gasteiger partial charge in [0.1, 0.15) is 6.33 Å². The van der Waals surface area contributed by atoms with Gasteiger partial charge in [0, 0.05) is 28.9 Å². The van der Waals surface area contributed by atoms with Gasteiger partial charge in [0.05, 0.1) is 12.0 Å². The second kappa shape index (κ2) is 6.98. The Morgan fingerprint density at radius 2 is 2.26 bits per heavy atom. The quantitative estimate of drug-likeness (QED) is 0.588. The van der Waals surface area contributed by atoms with Crippen LogP contribution in [-0.4, -0.2) is 44.3 Å². The molecule has 1 rings (SSSR count). The molecule has 1 N–H and O–H groups in total. The summed E-state index contributed by atoms with van der Waals surface area (Å²) in [6.45, 7) is 2.29. The van der Waals surface area contributed by atoms with Crippen LogP contribution in [0.2, 0.25) is 0 Å². The zero-order chi connectivity index (χ0) is 14.4. The predicted octanol–water partition coefficient (Wildman–Crippen LogP) is 0.962. The Kier molecular flexibility index (Phi) is 5.61. The molecule has 2 atom stereocenters. The first-order valence-electron chi connectivity index (χ1n) is 5.56. The highest BCUT2D eigenvalue weighted by Crippen LogP contribution is 2.30. The SMILES string of the molecule is COc1ncnc(NCCC(C)S(C)=O)c1[N+](=O)[O-]. The Morgan fingerprint density at radius 3 is 2.79 bits per heavy atom. The van der Waals surface area contributed by atoms with E-state index in [9.17, 15) is 14.3 Å².